The third-order valence-corrected chi connectivity index (χ3v) is 2.76. The molecule has 1 aliphatic carbocycles. The molecular formula is C10H19F2NO. The summed E-state index contributed by atoms with van der Waals surface area (Å²) in [5.74, 6) is 0.610. The largest absolute Gasteiger partial charge is 0.392 e. The molecule has 0 heterocycles. The number of aliphatic hydroxyl groups is 1. The van der Waals surface area contributed by atoms with Crippen LogP contribution < -0.4 is 5.32 Å². The predicted molar refractivity (Wildman–Crippen MR) is 51.5 cm³/mol. The van der Waals surface area contributed by atoms with Gasteiger partial charge in [0, 0.05) is 6.54 Å². The highest BCUT2D eigenvalue weighted by molar-refractivity contribution is 4.72. The molecule has 2 N–H and O–H groups in total. The topological polar surface area (TPSA) is 32.3 Å². The van der Waals surface area contributed by atoms with E-state index >= 15 is 0 Å². The first-order chi connectivity index (χ1) is 6.68. The average Bonchev–Trinajstić information content (AvgIpc) is 2.56. The molecule has 0 aliphatic heterocycles. The highest BCUT2D eigenvalue weighted by Crippen LogP contribution is 2.28. The Kier molecular flexibility index (Phi) is 5.33. The molecule has 0 bridgehead atoms. The minimum Gasteiger partial charge on any atom is -0.392 e. The Morgan fingerprint density at radius 3 is 2.43 bits per heavy atom. The van der Waals surface area contributed by atoms with Gasteiger partial charge in [-0.25, -0.2) is 8.78 Å². The molecule has 0 aromatic rings. The van der Waals surface area contributed by atoms with E-state index in [1.165, 1.54) is 25.7 Å². The van der Waals surface area contributed by atoms with Gasteiger partial charge in [-0.05, 0) is 12.3 Å². The van der Waals surface area contributed by atoms with Gasteiger partial charge >= 0.3 is 0 Å². The summed E-state index contributed by atoms with van der Waals surface area (Å²) in [5, 5.41) is 12.1. The van der Waals surface area contributed by atoms with E-state index in [1.54, 1.807) is 0 Å². The maximum Gasteiger partial charge on any atom is 0.250 e. The minimum atomic E-state index is -2.33. The summed E-state index contributed by atoms with van der Waals surface area (Å²) in [7, 11) is 0. The van der Waals surface area contributed by atoms with Crippen molar-refractivity contribution < 1.29 is 13.9 Å². The van der Waals surface area contributed by atoms with Gasteiger partial charge in [-0.15, -0.1) is 0 Å². The molecule has 1 rings (SSSR count). The first-order valence-corrected chi connectivity index (χ1v) is 5.35. The lowest BCUT2D eigenvalue weighted by Gasteiger charge is -2.15. The van der Waals surface area contributed by atoms with E-state index in [0.29, 0.717) is 12.5 Å². The van der Waals surface area contributed by atoms with Crippen LogP contribution in [0, 0.1) is 5.92 Å². The van der Waals surface area contributed by atoms with Crippen molar-refractivity contribution in [3.63, 3.8) is 0 Å². The fourth-order valence-corrected chi connectivity index (χ4v) is 2.07. The van der Waals surface area contributed by atoms with Crippen molar-refractivity contribution in [3.05, 3.63) is 0 Å². The fraction of sp³-hybridized carbons (Fsp3) is 1.00. The Morgan fingerprint density at radius 1 is 1.21 bits per heavy atom. The summed E-state index contributed by atoms with van der Waals surface area (Å²) in [6.07, 6.45) is 2.85. The maximum absolute atomic E-state index is 11.7. The average molecular weight is 207 g/mol. The van der Waals surface area contributed by atoms with Gasteiger partial charge in [-0.1, -0.05) is 25.7 Å². The van der Waals surface area contributed by atoms with Gasteiger partial charge in [0.05, 0.1) is 12.6 Å². The van der Waals surface area contributed by atoms with Crippen molar-refractivity contribution in [2.24, 2.45) is 5.92 Å². The van der Waals surface area contributed by atoms with Crippen LogP contribution in [0.3, 0.4) is 0 Å². The van der Waals surface area contributed by atoms with Crippen LogP contribution in [0.1, 0.15) is 32.1 Å². The van der Waals surface area contributed by atoms with Gasteiger partial charge in [-0.3, -0.25) is 0 Å². The molecule has 1 unspecified atom stereocenters. The summed E-state index contributed by atoms with van der Waals surface area (Å²) < 4.78 is 23.5. The number of halogens is 2. The molecule has 0 spiro atoms. The maximum atomic E-state index is 11.7. The second-order valence-electron chi connectivity index (χ2n) is 4.09. The predicted octanol–water partition coefficient (Wildman–Crippen LogP) is 1.78. The zero-order chi connectivity index (χ0) is 10.4. The van der Waals surface area contributed by atoms with E-state index in [4.69, 9.17) is 0 Å². The van der Waals surface area contributed by atoms with Crippen LogP contribution in [0.25, 0.3) is 0 Å². The standard InChI is InChI=1S/C10H19F2NO/c11-10(12)7-13-6-9(14)5-8-3-1-2-4-8/h8-10,13-14H,1-7H2. The zero-order valence-corrected chi connectivity index (χ0v) is 8.38. The third kappa shape index (κ3) is 4.86. The minimum absolute atomic E-state index is 0.293. The van der Waals surface area contributed by atoms with Gasteiger partial charge in [0.25, 0.3) is 6.43 Å². The number of alkyl halides is 2. The first-order valence-electron chi connectivity index (χ1n) is 5.35. The monoisotopic (exact) mass is 207 g/mol. The lowest BCUT2D eigenvalue weighted by molar-refractivity contribution is 0.117. The normalized spacial score (nSPS) is 20.6. The molecule has 0 aromatic heterocycles. The van der Waals surface area contributed by atoms with Crippen molar-refractivity contribution >= 4 is 0 Å². The summed E-state index contributed by atoms with van der Waals surface area (Å²) in [4.78, 5) is 0. The van der Waals surface area contributed by atoms with Crippen LogP contribution >= 0.6 is 0 Å². The molecular weight excluding hydrogens is 188 g/mol. The molecule has 84 valence electrons. The third-order valence-electron chi connectivity index (χ3n) is 2.76. The highest BCUT2D eigenvalue weighted by atomic mass is 19.3. The van der Waals surface area contributed by atoms with Crippen molar-refractivity contribution in [2.45, 2.75) is 44.6 Å². The van der Waals surface area contributed by atoms with Crippen LogP contribution in [0.5, 0.6) is 0 Å². The SMILES string of the molecule is OC(CNCC(F)F)CC1CCCC1. The number of aliphatic hydroxyl groups excluding tert-OH is 1. The Labute approximate surface area is 83.7 Å². The quantitative estimate of drug-likeness (QED) is 0.696. The molecule has 1 aliphatic rings. The van der Waals surface area contributed by atoms with Crippen molar-refractivity contribution in [1.82, 2.24) is 5.32 Å². The summed E-state index contributed by atoms with van der Waals surface area (Å²) in [6, 6.07) is 0. The molecule has 0 amide bonds. The van der Waals surface area contributed by atoms with Crippen LogP contribution in [0.2, 0.25) is 0 Å². The van der Waals surface area contributed by atoms with Gasteiger partial charge in [-0.2, -0.15) is 0 Å². The molecule has 1 saturated carbocycles. The Bertz CT molecular complexity index is 149. The number of hydrogen-bond donors (Lipinski definition) is 2. The highest BCUT2D eigenvalue weighted by Gasteiger charge is 2.18. The van der Waals surface area contributed by atoms with E-state index in [-0.39, 0.29) is 6.54 Å². The van der Waals surface area contributed by atoms with E-state index < -0.39 is 12.5 Å². The molecule has 0 radical (unpaired) electrons. The lowest BCUT2D eigenvalue weighted by Crippen LogP contribution is -2.31. The number of hydrogen-bond acceptors (Lipinski definition) is 2. The Hall–Kier alpha value is -0.220. The lowest BCUT2D eigenvalue weighted by atomic mass is 10.0. The molecule has 4 heteroatoms. The molecule has 0 aromatic carbocycles. The fourth-order valence-electron chi connectivity index (χ4n) is 2.07. The number of nitrogens with one attached hydrogen (secondary N) is 1. The van der Waals surface area contributed by atoms with Gasteiger partial charge in [0.1, 0.15) is 0 Å². The molecule has 2 nitrogen and oxygen atoms in total. The van der Waals surface area contributed by atoms with Crippen LogP contribution in [-0.2, 0) is 0 Å². The van der Waals surface area contributed by atoms with E-state index in [0.717, 1.165) is 6.42 Å². The van der Waals surface area contributed by atoms with Crippen LogP contribution in [0.15, 0.2) is 0 Å². The molecule has 0 saturated heterocycles. The van der Waals surface area contributed by atoms with E-state index in [9.17, 15) is 13.9 Å². The van der Waals surface area contributed by atoms with Crippen molar-refractivity contribution in [1.29, 1.82) is 0 Å². The second-order valence-corrected chi connectivity index (χ2v) is 4.09. The van der Waals surface area contributed by atoms with Crippen molar-refractivity contribution in [3.8, 4) is 0 Å². The first kappa shape index (κ1) is 11.9. The summed E-state index contributed by atoms with van der Waals surface area (Å²) in [5.41, 5.74) is 0. The van der Waals surface area contributed by atoms with Gasteiger partial charge in [0.15, 0.2) is 0 Å². The van der Waals surface area contributed by atoms with Gasteiger partial charge in [0.2, 0.25) is 0 Å². The molecule has 14 heavy (non-hydrogen) atoms. The molecule has 1 fully saturated rings. The Balaban J connectivity index is 2.00. The van der Waals surface area contributed by atoms with E-state index in [2.05, 4.69) is 5.32 Å². The smallest absolute Gasteiger partial charge is 0.250 e. The summed E-state index contributed by atoms with van der Waals surface area (Å²) >= 11 is 0. The van der Waals surface area contributed by atoms with Gasteiger partial charge < -0.3 is 10.4 Å². The van der Waals surface area contributed by atoms with Crippen LogP contribution in [-0.4, -0.2) is 30.7 Å². The second kappa shape index (κ2) is 6.30. The van der Waals surface area contributed by atoms with Crippen LogP contribution in [0.4, 0.5) is 8.78 Å². The zero-order valence-electron chi connectivity index (χ0n) is 8.38. The summed E-state index contributed by atoms with van der Waals surface area (Å²) in [6.45, 7) is -0.0252. The number of rotatable bonds is 6. The van der Waals surface area contributed by atoms with Crippen molar-refractivity contribution in [2.75, 3.05) is 13.1 Å². The molecule has 1 atom stereocenters. The Morgan fingerprint density at radius 2 is 1.86 bits per heavy atom. The van der Waals surface area contributed by atoms with E-state index in [1.807, 2.05) is 0 Å².